The van der Waals surface area contributed by atoms with Gasteiger partial charge in [0.05, 0.1) is 19.0 Å². The maximum absolute atomic E-state index is 11.0. The van der Waals surface area contributed by atoms with Crippen molar-refractivity contribution in [2.45, 2.75) is 45.4 Å². The van der Waals surface area contributed by atoms with Gasteiger partial charge in [-0.15, -0.1) is 11.8 Å². The summed E-state index contributed by atoms with van der Waals surface area (Å²) in [6.45, 7) is 2.49. The predicted octanol–water partition coefficient (Wildman–Crippen LogP) is 0.133. The second kappa shape index (κ2) is 23.3. The highest BCUT2D eigenvalue weighted by molar-refractivity contribution is 7.99. The van der Waals surface area contributed by atoms with E-state index in [4.69, 9.17) is 5.11 Å². The molecule has 30 heavy (non-hydrogen) atoms. The van der Waals surface area contributed by atoms with E-state index in [-0.39, 0.29) is 37.2 Å². The largest absolute Gasteiger partial charge is 0.481 e. The molecule has 0 radical (unpaired) electrons. The van der Waals surface area contributed by atoms with E-state index in [1.165, 1.54) is 0 Å². The maximum atomic E-state index is 11.0. The van der Waals surface area contributed by atoms with Crippen LogP contribution in [0.1, 0.15) is 45.4 Å². The van der Waals surface area contributed by atoms with E-state index in [2.05, 4.69) is 33.9 Å². The quantitative estimate of drug-likeness (QED) is 0.0771. The number of nitrogens with one attached hydrogen (secondary N) is 4. The molecule has 0 aromatic heterocycles. The van der Waals surface area contributed by atoms with Gasteiger partial charge in [-0.1, -0.05) is 6.42 Å². The van der Waals surface area contributed by atoms with Crippen LogP contribution in [0, 0.1) is 0 Å². The van der Waals surface area contributed by atoms with E-state index in [1.807, 2.05) is 6.92 Å². The average molecular weight is 467 g/mol. The molecular weight excluding hydrogens is 432 g/mol. The first kappa shape index (κ1) is 30.2. The molecule has 0 heterocycles. The summed E-state index contributed by atoms with van der Waals surface area (Å²) in [4.78, 5) is 53.0. The molecule has 12 heteroatoms. The molecule has 0 unspecified atom stereocenters. The first-order valence-electron chi connectivity index (χ1n) is 9.74. The molecule has 0 aliphatic heterocycles. The van der Waals surface area contributed by atoms with E-state index >= 15 is 0 Å². The molecule has 174 valence electrons. The van der Waals surface area contributed by atoms with Gasteiger partial charge in [0, 0.05) is 19.4 Å². The molecule has 0 spiro atoms. The molecule has 0 saturated carbocycles. The molecule has 4 amide bonds. The van der Waals surface area contributed by atoms with Crippen molar-refractivity contribution < 1.29 is 29.1 Å². The van der Waals surface area contributed by atoms with Gasteiger partial charge in [0.15, 0.2) is 0 Å². The number of unbranched alkanes of at least 4 members (excludes halogenated alkanes) is 2. The van der Waals surface area contributed by atoms with Crippen molar-refractivity contribution in [2.24, 2.45) is 0 Å². The molecule has 0 rings (SSSR count). The second-order valence-electron chi connectivity index (χ2n) is 5.91. The lowest BCUT2D eigenvalue weighted by Crippen LogP contribution is -2.36. The van der Waals surface area contributed by atoms with Crippen LogP contribution in [0.25, 0.3) is 0 Å². The van der Waals surface area contributed by atoms with E-state index in [9.17, 15) is 24.0 Å². The highest BCUT2D eigenvalue weighted by Gasteiger charge is 2.03. The minimum absolute atomic E-state index is 0.00265. The molecule has 0 saturated heterocycles. The summed E-state index contributed by atoms with van der Waals surface area (Å²) in [7, 11) is 0. The number of carbonyl (C=O) groups is 5. The van der Waals surface area contributed by atoms with Crippen molar-refractivity contribution >= 4 is 54.5 Å². The van der Waals surface area contributed by atoms with Crippen LogP contribution in [-0.4, -0.2) is 72.2 Å². The lowest BCUT2D eigenvalue weighted by atomic mass is 10.2. The number of amides is 4. The van der Waals surface area contributed by atoms with Gasteiger partial charge in [0.2, 0.25) is 24.1 Å². The van der Waals surface area contributed by atoms with Crippen molar-refractivity contribution in [2.75, 3.05) is 37.0 Å². The Morgan fingerprint density at radius 1 is 0.900 bits per heavy atom. The Labute approximate surface area is 187 Å². The van der Waals surface area contributed by atoms with E-state index in [1.54, 1.807) is 11.8 Å². The highest BCUT2D eigenvalue weighted by atomic mass is 32.2. The Hall–Kier alpha value is -1.95. The number of thioether (sulfide) groups is 1. The fourth-order valence-electron chi connectivity index (χ4n) is 1.82. The normalized spacial score (nSPS) is 9.53. The third-order valence-corrected chi connectivity index (χ3v) is 4.52. The van der Waals surface area contributed by atoms with Crippen molar-refractivity contribution in [3.8, 4) is 0 Å². The molecule has 0 atom stereocenters. The Morgan fingerprint density at radius 2 is 1.60 bits per heavy atom. The van der Waals surface area contributed by atoms with E-state index in [0.717, 1.165) is 25.0 Å². The smallest absolute Gasteiger partial charge is 0.303 e. The number of carbonyl (C=O) groups excluding carboxylic acids is 4. The topological polar surface area (TPSA) is 154 Å². The van der Waals surface area contributed by atoms with E-state index in [0.29, 0.717) is 37.4 Å². The second-order valence-corrected chi connectivity index (χ2v) is 7.47. The van der Waals surface area contributed by atoms with Crippen LogP contribution < -0.4 is 21.3 Å². The number of rotatable bonds is 17. The zero-order valence-electron chi connectivity index (χ0n) is 17.4. The first-order valence-corrected chi connectivity index (χ1v) is 11.5. The number of carboxylic acid groups (broad SMARTS) is 1. The highest BCUT2D eigenvalue weighted by Crippen LogP contribution is 2.06. The molecule has 5 N–H and O–H groups in total. The predicted molar refractivity (Wildman–Crippen MR) is 120 cm³/mol. The monoisotopic (exact) mass is 466 g/mol. The molecule has 0 aromatic carbocycles. The summed E-state index contributed by atoms with van der Waals surface area (Å²) in [5, 5.41) is 18.4. The lowest BCUT2D eigenvalue weighted by Gasteiger charge is -2.04. The summed E-state index contributed by atoms with van der Waals surface area (Å²) in [5.74, 6) is 0.874. The maximum Gasteiger partial charge on any atom is 0.303 e. The Bertz CT molecular complexity index is 509. The third-order valence-electron chi connectivity index (χ3n) is 3.28. The summed E-state index contributed by atoms with van der Waals surface area (Å²) >= 11 is 5.56. The Balaban J connectivity index is 0. The van der Waals surface area contributed by atoms with Crippen molar-refractivity contribution in [3.05, 3.63) is 0 Å². The number of aliphatic carboxylic acids is 1. The standard InChI is InChI=1S/C10H18N2O4S.C8H16N2O2S/c13-7-11-6-9(14)12-8-17-5-3-1-2-4-10(15)16;1-2-9-8(12)6-10-7(11)4-3-5-13/h7H,1-6,8H2,(H,11,13)(H,12,14)(H,15,16);13H,2-6H2,1H3,(H,9,12)(H,10,11). The van der Waals surface area contributed by atoms with Crippen molar-refractivity contribution in [3.63, 3.8) is 0 Å². The van der Waals surface area contributed by atoms with Crippen LogP contribution in [0.5, 0.6) is 0 Å². The molecule has 0 aliphatic rings. The Morgan fingerprint density at radius 3 is 2.20 bits per heavy atom. The SMILES string of the molecule is CCNC(=O)CNC(=O)CCCS.O=CNCC(=O)NCSCCCCCC(=O)O. The molecule has 10 nitrogen and oxygen atoms in total. The van der Waals surface area contributed by atoms with Crippen LogP contribution in [-0.2, 0) is 24.0 Å². The van der Waals surface area contributed by atoms with E-state index < -0.39 is 5.97 Å². The van der Waals surface area contributed by atoms with Crippen LogP contribution in [0.4, 0.5) is 0 Å². The number of hydrogen-bond acceptors (Lipinski definition) is 7. The van der Waals surface area contributed by atoms with Crippen LogP contribution in [0.15, 0.2) is 0 Å². The number of carboxylic acids is 1. The molecular formula is C18H34N4O6S2. The molecule has 0 fully saturated rings. The number of hydrogen-bond donors (Lipinski definition) is 6. The molecule has 0 aliphatic carbocycles. The number of thiol groups is 1. The van der Waals surface area contributed by atoms with Crippen molar-refractivity contribution in [1.82, 2.24) is 21.3 Å². The number of likely N-dealkylation sites (N-methyl/N-ethyl adjacent to an activating group) is 1. The van der Waals surface area contributed by atoms with Gasteiger partial charge < -0.3 is 26.4 Å². The summed E-state index contributed by atoms with van der Waals surface area (Å²) in [5.41, 5.74) is 0. The van der Waals surface area contributed by atoms with Gasteiger partial charge in [-0.25, -0.2) is 0 Å². The zero-order valence-corrected chi connectivity index (χ0v) is 19.1. The van der Waals surface area contributed by atoms with Gasteiger partial charge in [-0.05, 0) is 37.7 Å². The lowest BCUT2D eigenvalue weighted by molar-refractivity contribution is -0.137. The zero-order chi connectivity index (χ0) is 23.0. The summed E-state index contributed by atoms with van der Waals surface area (Å²) in [6, 6.07) is 0. The van der Waals surface area contributed by atoms with Gasteiger partial charge in [0.25, 0.3) is 0 Å². The van der Waals surface area contributed by atoms with Crippen molar-refractivity contribution in [1.29, 1.82) is 0 Å². The Kier molecular flexibility index (Phi) is 23.5. The minimum Gasteiger partial charge on any atom is -0.481 e. The van der Waals surface area contributed by atoms with Crippen LogP contribution in [0.2, 0.25) is 0 Å². The van der Waals surface area contributed by atoms with Gasteiger partial charge >= 0.3 is 5.97 Å². The third kappa shape index (κ3) is 26.1. The van der Waals surface area contributed by atoms with Gasteiger partial charge in [-0.2, -0.15) is 12.6 Å². The fraction of sp³-hybridized carbons (Fsp3) is 0.722. The molecule has 0 aromatic rings. The summed E-state index contributed by atoms with van der Waals surface area (Å²) in [6.07, 6.45) is 4.41. The van der Waals surface area contributed by atoms with Gasteiger partial charge in [0.1, 0.15) is 0 Å². The minimum atomic E-state index is -0.757. The average Bonchev–Trinajstić information content (AvgIpc) is 2.71. The van der Waals surface area contributed by atoms with Crippen LogP contribution in [0.3, 0.4) is 0 Å². The van der Waals surface area contributed by atoms with Crippen LogP contribution >= 0.6 is 24.4 Å². The first-order chi connectivity index (χ1) is 14.4. The van der Waals surface area contributed by atoms with Gasteiger partial charge in [-0.3, -0.25) is 24.0 Å². The fourth-order valence-corrected chi connectivity index (χ4v) is 2.80. The molecule has 0 bridgehead atoms. The summed E-state index contributed by atoms with van der Waals surface area (Å²) < 4.78 is 0.